The van der Waals surface area contributed by atoms with E-state index in [0.717, 1.165) is 6.92 Å². The van der Waals surface area contributed by atoms with E-state index in [0.29, 0.717) is 5.56 Å². The summed E-state index contributed by atoms with van der Waals surface area (Å²) in [7, 11) is 0. The van der Waals surface area contributed by atoms with Crippen LogP contribution in [0.5, 0.6) is 0 Å². The molecular formula is C43H53NO14. The normalized spacial score (nSPS) is 34.9. The van der Waals surface area contributed by atoms with Crippen molar-refractivity contribution in [3.05, 3.63) is 71.8 Å². The predicted octanol–water partition coefficient (Wildman–Crippen LogP) is 3.26. The van der Waals surface area contributed by atoms with Crippen molar-refractivity contribution < 1.29 is 67.8 Å². The predicted molar refractivity (Wildman–Crippen MR) is 202 cm³/mol. The fourth-order valence-corrected chi connectivity index (χ4v) is 10.1. The third kappa shape index (κ3) is 7.30. The Morgan fingerprint density at radius 3 is 2.07 bits per heavy atom. The highest BCUT2D eigenvalue weighted by Crippen LogP contribution is 2.63. The number of ketones is 2. The van der Waals surface area contributed by atoms with Gasteiger partial charge in [-0.15, -0.1) is 0 Å². The first-order valence-electron chi connectivity index (χ1n) is 19.5. The first kappa shape index (κ1) is 42.9. The van der Waals surface area contributed by atoms with Gasteiger partial charge in [-0.05, 0) is 50.8 Å². The molecule has 15 heteroatoms. The van der Waals surface area contributed by atoms with E-state index in [1.54, 1.807) is 83.1 Å². The molecule has 2 bridgehead atoms. The van der Waals surface area contributed by atoms with E-state index in [1.807, 2.05) is 0 Å². The lowest BCUT2D eigenvalue weighted by Gasteiger charge is -2.66. The van der Waals surface area contributed by atoms with Gasteiger partial charge in [-0.1, -0.05) is 69.3 Å². The average molecular weight is 808 g/mol. The molecule has 0 radical (unpaired) electrons. The average Bonchev–Trinajstić information content (AvgIpc) is 3.14. The minimum atomic E-state index is -2.07. The van der Waals surface area contributed by atoms with Crippen LogP contribution in [0, 0.1) is 34.5 Å². The van der Waals surface area contributed by atoms with Crippen LogP contribution in [-0.2, 0) is 42.9 Å². The molecule has 6 rings (SSSR count). The molecule has 2 aromatic rings. The summed E-state index contributed by atoms with van der Waals surface area (Å²) >= 11 is 0. The molecule has 58 heavy (non-hydrogen) atoms. The molecule has 1 saturated heterocycles. The Balaban J connectivity index is 1.46. The summed E-state index contributed by atoms with van der Waals surface area (Å²) in [5, 5.41) is 38.5. The van der Waals surface area contributed by atoms with Crippen molar-refractivity contribution in [2.45, 2.75) is 116 Å². The molecule has 4 N–H and O–H groups in total. The summed E-state index contributed by atoms with van der Waals surface area (Å²) in [4.78, 5) is 83.6. The number of alkyl carbamates (subject to hydrolysis) is 1. The molecule has 1 amide bonds. The minimum Gasteiger partial charge on any atom is -0.458 e. The third-order valence-electron chi connectivity index (χ3n) is 12.7. The quantitative estimate of drug-likeness (QED) is 0.171. The lowest BCUT2D eigenvalue weighted by Crippen LogP contribution is -2.80. The van der Waals surface area contributed by atoms with Crippen LogP contribution in [0.2, 0.25) is 0 Å². The number of fused-ring (bicyclic) bond motifs is 5. The Morgan fingerprint density at radius 2 is 1.52 bits per heavy atom. The summed E-state index contributed by atoms with van der Waals surface area (Å²) < 4.78 is 29.5. The van der Waals surface area contributed by atoms with Crippen LogP contribution in [0.3, 0.4) is 0 Å². The maximum absolute atomic E-state index is 14.9. The number of aliphatic hydroxyl groups excluding tert-OH is 3. The summed E-state index contributed by atoms with van der Waals surface area (Å²) in [5.74, 6) is -10.0. The molecule has 15 nitrogen and oxygen atoms in total. The van der Waals surface area contributed by atoms with Gasteiger partial charge in [0.1, 0.15) is 23.9 Å². The summed E-state index contributed by atoms with van der Waals surface area (Å²) in [6, 6.07) is 14.6. The first-order chi connectivity index (χ1) is 27.1. The molecule has 2 aromatic carbocycles. The van der Waals surface area contributed by atoms with E-state index < -0.39 is 124 Å². The number of carbonyl (C=O) groups excluding carboxylic acids is 6. The highest BCUT2D eigenvalue weighted by Gasteiger charge is 2.77. The van der Waals surface area contributed by atoms with Gasteiger partial charge in [0.25, 0.3) is 0 Å². The third-order valence-corrected chi connectivity index (χ3v) is 12.7. The molecule has 1 heterocycles. The monoisotopic (exact) mass is 807 g/mol. The number of rotatable bonds is 8. The van der Waals surface area contributed by atoms with Gasteiger partial charge in [-0.25, -0.2) is 14.4 Å². The van der Waals surface area contributed by atoms with Crippen LogP contribution in [-0.4, -0.2) is 105 Å². The number of ether oxygens (including phenoxy) is 5. The second-order valence-corrected chi connectivity index (χ2v) is 17.8. The largest absolute Gasteiger partial charge is 0.458 e. The van der Waals surface area contributed by atoms with E-state index in [-0.39, 0.29) is 18.6 Å². The zero-order valence-corrected chi connectivity index (χ0v) is 33.9. The van der Waals surface area contributed by atoms with Crippen molar-refractivity contribution in [3.63, 3.8) is 0 Å². The van der Waals surface area contributed by atoms with Gasteiger partial charge in [0.2, 0.25) is 11.6 Å². The second-order valence-electron chi connectivity index (χ2n) is 17.8. The highest BCUT2D eigenvalue weighted by atomic mass is 16.6. The van der Waals surface area contributed by atoms with Crippen molar-refractivity contribution in [2.75, 3.05) is 6.61 Å². The number of Topliss-reactive ketones (excluding diaryl/α,β-unsaturated/α-hetero) is 2. The van der Waals surface area contributed by atoms with Gasteiger partial charge in [-0.3, -0.25) is 14.4 Å². The van der Waals surface area contributed by atoms with E-state index in [4.69, 9.17) is 23.7 Å². The Bertz CT molecular complexity index is 1930. The lowest BCUT2D eigenvalue weighted by molar-refractivity contribution is -0.339. The number of amides is 1. The van der Waals surface area contributed by atoms with Crippen LogP contribution in [0.4, 0.5) is 4.79 Å². The molecule has 0 spiro atoms. The molecule has 314 valence electrons. The van der Waals surface area contributed by atoms with Crippen molar-refractivity contribution in [2.24, 2.45) is 34.5 Å². The topological polar surface area (TPSA) is 221 Å². The SMILES string of the molecule is CC(=O)O[C@@]12COC1C[C@H](O)[C@@]1(C)C(=O)C(=O)C3C(C)[C@@H](OC(=O)[C@H](O)[C@@H](NC(=O)OC(C)(C)C)c4ccccc4)[C@H](O)C([C@@H](OC(=O)c4ccccc4)[C@@H]12)C3(C)C. The van der Waals surface area contributed by atoms with Crippen LogP contribution in [0.15, 0.2) is 60.7 Å². The van der Waals surface area contributed by atoms with Gasteiger partial charge < -0.3 is 44.3 Å². The minimum absolute atomic E-state index is 0.108. The van der Waals surface area contributed by atoms with Gasteiger partial charge in [0, 0.05) is 31.1 Å². The fourth-order valence-electron chi connectivity index (χ4n) is 10.1. The number of nitrogens with one attached hydrogen (secondary N) is 1. The molecule has 3 aliphatic carbocycles. The Hall–Kier alpha value is -4.70. The number of carbonyl (C=O) groups is 6. The summed E-state index contributed by atoms with van der Waals surface area (Å²) in [6.07, 6.45) is -10.6. The molecule has 1 aliphatic heterocycles. The molecule has 13 atom stereocenters. The van der Waals surface area contributed by atoms with E-state index in [9.17, 15) is 44.1 Å². The van der Waals surface area contributed by atoms with Crippen molar-refractivity contribution in [3.8, 4) is 0 Å². The maximum atomic E-state index is 14.9. The summed E-state index contributed by atoms with van der Waals surface area (Å²) in [5.41, 5.74) is -5.59. The molecular weight excluding hydrogens is 754 g/mol. The molecule has 0 aromatic heterocycles. The number of benzene rings is 2. The number of aliphatic hydroxyl groups is 3. The van der Waals surface area contributed by atoms with Crippen LogP contribution in [0.1, 0.15) is 83.8 Å². The number of esters is 3. The zero-order chi connectivity index (χ0) is 42.7. The fraction of sp³-hybridized carbons (Fsp3) is 0.581. The second kappa shape index (κ2) is 15.5. The van der Waals surface area contributed by atoms with Crippen LogP contribution >= 0.6 is 0 Å². The highest BCUT2D eigenvalue weighted by molar-refractivity contribution is 6.40. The molecule has 4 unspecified atom stereocenters. The molecule has 4 aliphatic rings. The maximum Gasteiger partial charge on any atom is 0.408 e. The first-order valence-corrected chi connectivity index (χ1v) is 19.5. The van der Waals surface area contributed by atoms with Gasteiger partial charge in [0.15, 0.2) is 11.7 Å². The summed E-state index contributed by atoms with van der Waals surface area (Å²) in [6.45, 7) is 12.0. The Morgan fingerprint density at radius 1 is 0.914 bits per heavy atom. The number of hydrogen-bond acceptors (Lipinski definition) is 14. The van der Waals surface area contributed by atoms with E-state index >= 15 is 0 Å². The number of hydrogen-bond donors (Lipinski definition) is 4. The lowest BCUT2D eigenvalue weighted by atomic mass is 9.43. The van der Waals surface area contributed by atoms with Gasteiger partial charge >= 0.3 is 24.0 Å². The van der Waals surface area contributed by atoms with Crippen LogP contribution in [0.25, 0.3) is 0 Å². The molecule has 4 fully saturated rings. The standard InChI is InChI=1S/C43H53NO14/c1-21-27-31(48)36(50)42(8)25(46)19-26-43(20-54-26,57-22(2)45)35(42)34(56-37(51)24-17-13-10-14-18-24)28(41(27,6)7)30(47)33(21)55-38(52)32(49)29(23-15-11-9-12-16-23)44-39(53)58-40(3,4)5/h9-18,21,25-30,32-35,46-47,49H,19-20H2,1-8H3,(H,44,53)/t21?,25-,26?,27?,28?,29-,30+,32+,33+,34+,35-,42+,43-/m0/s1. The zero-order valence-electron chi connectivity index (χ0n) is 33.9. The Labute approximate surface area is 336 Å². The van der Waals surface area contributed by atoms with Gasteiger partial charge in [-0.2, -0.15) is 0 Å². The smallest absolute Gasteiger partial charge is 0.408 e. The molecule has 3 saturated carbocycles. The van der Waals surface area contributed by atoms with Gasteiger partial charge in [0.05, 0.1) is 41.8 Å². The van der Waals surface area contributed by atoms with Crippen molar-refractivity contribution in [1.29, 1.82) is 0 Å². The van der Waals surface area contributed by atoms with Crippen molar-refractivity contribution >= 4 is 35.6 Å². The van der Waals surface area contributed by atoms with Crippen LogP contribution < -0.4 is 5.32 Å². The van der Waals surface area contributed by atoms with E-state index in [2.05, 4.69) is 5.32 Å². The Kier molecular flexibility index (Phi) is 11.4. The van der Waals surface area contributed by atoms with E-state index in [1.165, 1.54) is 26.0 Å². The van der Waals surface area contributed by atoms with Crippen molar-refractivity contribution in [1.82, 2.24) is 5.32 Å².